The number of carbonyl (C=O) groups is 1. The Morgan fingerprint density at radius 2 is 2.14 bits per heavy atom. The molecular weight excluding hydrogens is 507 g/mol. The van der Waals surface area contributed by atoms with Crippen molar-refractivity contribution in [2.45, 2.75) is 57.2 Å². The second-order valence-electron chi connectivity index (χ2n) is 6.65. The lowest BCUT2D eigenvalue weighted by atomic mass is 9.95. The molecule has 0 spiro atoms. The molecule has 1 aromatic heterocycles. The van der Waals surface area contributed by atoms with Crippen molar-refractivity contribution in [1.82, 2.24) is 16.0 Å². The van der Waals surface area contributed by atoms with Crippen LogP contribution >= 0.6 is 35.3 Å². The monoisotopic (exact) mass is 540 g/mol. The van der Waals surface area contributed by atoms with Crippen LogP contribution in [-0.4, -0.2) is 52.8 Å². The molecule has 1 aromatic rings. The number of halogens is 1. The van der Waals surface area contributed by atoms with Crippen LogP contribution in [0.25, 0.3) is 0 Å². The zero-order valence-electron chi connectivity index (χ0n) is 16.7. The van der Waals surface area contributed by atoms with Crippen molar-refractivity contribution < 1.29 is 9.00 Å². The van der Waals surface area contributed by atoms with E-state index in [1.807, 2.05) is 31.4 Å². The molecule has 0 aliphatic heterocycles. The first-order valence-corrected chi connectivity index (χ1v) is 12.1. The summed E-state index contributed by atoms with van der Waals surface area (Å²) in [7, 11) is -0.718. The molecule has 0 aromatic carbocycles. The molecule has 2 rings (SSSR count). The fraction of sp³-hybridized carbons (Fsp3) is 0.684. The third-order valence-corrected chi connectivity index (χ3v) is 7.21. The number of carbonyl (C=O) groups excluding carboxylic acids is 1. The number of aliphatic imine (C=N–C) groups is 1. The van der Waals surface area contributed by atoms with E-state index in [0.717, 1.165) is 55.2 Å². The van der Waals surface area contributed by atoms with Crippen LogP contribution in [-0.2, 0) is 10.8 Å². The minimum absolute atomic E-state index is 0. The maximum atomic E-state index is 12.1. The molecule has 28 heavy (non-hydrogen) atoms. The van der Waals surface area contributed by atoms with Gasteiger partial charge in [0.05, 0.1) is 4.88 Å². The lowest BCUT2D eigenvalue weighted by molar-refractivity contribution is 0.0957. The van der Waals surface area contributed by atoms with Gasteiger partial charge in [0.2, 0.25) is 0 Å². The zero-order valence-corrected chi connectivity index (χ0v) is 20.7. The van der Waals surface area contributed by atoms with Crippen LogP contribution in [0.2, 0.25) is 0 Å². The van der Waals surface area contributed by atoms with Crippen LogP contribution in [0.3, 0.4) is 0 Å². The number of rotatable bonds is 9. The van der Waals surface area contributed by atoms with Gasteiger partial charge in [-0.25, -0.2) is 0 Å². The Hall–Kier alpha value is -0.680. The first-order chi connectivity index (χ1) is 13.1. The van der Waals surface area contributed by atoms with Crippen molar-refractivity contribution in [3.8, 4) is 0 Å². The molecule has 3 atom stereocenters. The number of nitrogens with zero attached hydrogens (tertiary/aromatic N) is 1. The van der Waals surface area contributed by atoms with Gasteiger partial charge in [0.15, 0.2) is 5.96 Å². The number of hydrogen-bond donors (Lipinski definition) is 3. The maximum absolute atomic E-state index is 12.1. The Balaban J connectivity index is 0.00000392. The molecule has 0 saturated heterocycles. The molecule has 1 aliphatic carbocycles. The van der Waals surface area contributed by atoms with Gasteiger partial charge in [-0.3, -0.25) is 14.0 Å². The molecule has 1 aliphatic rings. The number of amides is 1. The summed E-state index contributed by atoms with van der Waals surface area (Å²) < 4.78 is 12.1. The van der Waals surface area contributed by atoms with Gasteiger partial charge in [0.25, 0.3) is 5.91 Å². The highest BCUT2D eigenvalue weighted by atomic mass is 127. The standard InChI is InChI=1S/C19H32N4O2S2.HI/c1-3-20-19(23-15-8-5-9-16(14-15)27(25)4-2)22-12-7-11-21-18(24)17-10-6-13-26-17;/h6,10,13,15-16H,3-5,7-9,11-12,14H2,1-2H3,(H,21,24)(H2,20,22,23);1H. The highest BCUT2D eigenvalue weighted by Crippen LogP contribution is 2.22. The predicted octanol–water partition coefficient (Wildman–Crippen LogP) is 3.12. The summed E-state index contributed by atoms with van der Waals surface area (Å²) in [5, 5.41) is 11.9. The first kappa shape index (κ1) is 25.4. The second-order valence-corrected chi connectivity index (χ2v) is 9.60. The van der Waals surface area contributed by atoms with Crippen molar-refractivity contribution in [3.63, 3.8) is 0 Å². The molecule has 6 nitrogen and oxygen atoms in total. The normalized spacial score (nSPS) is 20.7. The average Bonchev–Trinajstić information content (AvgIpc) is 3.22. The number of nitrogens with one attached hydrogen (secondary N) is 3. The minimum Gasteiger partial charge on any atom is -0.357 e. The summed E-state index contributed by atoms with van der Waals surface area (Å²) in [5.41, 5.74) is 0. The van der Waals surface area contributed by atoms with Crippen molar-refractivity contribution >= 4 is 58.0 Å². The molecule has 1 fully saturated rings. The Labute approximate surface area is 192 Å². The minimum atomic E-state index is -0.718. The average molecular weight is 541 g/mol. The largest absolute Gasteiger partial charge is 0.357 e. The molecule has 3 unspecified atom stereocenters. The van der Waals surface area contributed by atoms with E-state index in [1.54, 1.807) is 0 Å². The smallest absolute Gasteiger partial charge is 0.261 e. The van der Waals surface area contributed by atoms with E-state index >= 15 is 0 Å². The van der Waals surface area contributed by atoms with Gasteiger partial charge in [-0.2, -0.15) is 0 Å². The summed E-state index contributed by atoms with van der Waals surface area (Å²) in [5.74, 6) is 1.54. The Bertz CT molecular complexity index is 625. The van der Waals surface area contributed by atoms with Gasteiger partial charge < -0.3 is 16.0 Å². The molecule has 0 bridgehead atoms. The highest BCUT2D eigenvalue weighted by molar-refractivity contribution is 14.0. The Morgan fingerprint density at radius 3 is 2.82 bits per heavy atom. The van der Waals surface area contributed by atoms with Gasteiger partial charge in [0, 0.05) is 47.5 Å². The summed E-state index contributed by atoms with van der Waals surface area (Å²) in [6.45, 7) is 6.11. The van der Waals surface area contributed by atoms with Crippen molar-refractivity contribution in [2.24, 2.45) is 4.99 Å². The fourth-order valence-electron chi connectivity index (χ4n) is 3.23. The summed E-state index contributed by atoms with van der Waals surface area (Å²) in [6.07, 6.45) is 5.01. The van der Waals surface area contributed by atoms with Crippen molar-refractivity contribution in [3.05, 3.63) is 22.4 Å². The van der Waals surface area contributed by atoms with Gasteiger partial charge >= 0.3 is 0 Å². The number of guanidine groups is 1. The summed E-state index contributed by atoms with van der Waals surface area (Å²) >= 11 is 1.45. The molecule has 1 saturated carbocycles. The van der Waals surface area contributed by atoms with Gasteiger partial charge in [-0.15, -0.1) is 35.3 Å². The van der Waals surface area contributed by atoms with Gasteiger partial charge in [0.1, 0.15) is 0 Å². The van der Waals surface area contributed by atoms with E-state index in [1.165, 1.54) is 11.3 Å². The third kappa shape index (κ3) is 8.77. The molecule has 9 heteroatoms. The molecule has 1 amide bonds. The van der Waals surface area contributed by atoms with Crippen LogP contribution in [0.4, 0.5) is 0 Å². The first-order valence-electron chi connectivity index (χ1n) is 9.87. The Morgan fingerprint density at radius 1 is 1.32 bits per heavy atom. The van der Waals surface area contributed by atoms with Crippen LogP contribution in [0.1, 0.15) is 55.6 Å². The van der Waals surface area contributed by atoms with Crippen molar-refractivity contribution in [2.75, 3.05) is 25.4 Å². The summed E-state index contributed by atoms with van der Waals surface area (Å²) in [6, 6.07) is 4.04. The number of thiophene rings is 1. The van der Waals surface area contributed by atoms with E-state index < -0.39 is 10.8 Å². The Kier molecular flexibility index (Phi) is 13.0. The van der Waals surface area contributed by atoms with E-state index in [9.17, 15) is 9.00 Å². The van der Waals surface area contributed by atoms with Crippen LogP contribution in [0.5, 0.6) is 0 Å². The third-order valence-electron chi connectivity index (χ3n) is 4.60. The summed E-state index contributed by atoms with van der Waals surface area (Å²) in [4.78, 5) is 17.3. The lowest BCUT2D eigenvalue weighted by Gasteiger charge is -2.30. The van der Waals surface area contributed by atoms with Crippen molar-refractivity contribution in [1.29, 1.82) is 0 Å². The van der Waals surface area contributed by atoms with Gasteiger partial charge in [-0.1, -0.05) is 19.4 Å². The topological polar surface area (TPSA) is 82.6 Å². The van der Waals surface area contributed by atoms with E-state index in [2.05, 4.69) is 20.9 Å². The molecular formula is C19H33IN4O2S2. The fourth-order valence-corrected chi connectivity index (χ4v) is 5.22. The molecule has 1 heterocycles. The number of hydrogen-bond acceptors (Lipinski definition) is 4. The quantitative estimate of drug-likeness (QED) is 0.195. The predicted molar refractivity (Wildman–Crippen MR) is 131 cm³/mol. The SMILES string of the molecule is CCNC(=NCCCNC(=O)c1cccs1)NC1CCCC(S(=O)CC)C1.I. The van der Waals surface area contributed by atoms with Gasteiger partial charge in [-0.05, 0) is 44.1 Å². The van der Waals surface area contributed by atoms with Crippen LogP contribution < -0.4 is 16.0 Å². The maximum Gasteiger partial charge on any atom is 0.261 e. The van der Waals surface area contributed by atoms with Crippen LogP contribution in [0.15, 0.2) is 22.5 Å². The highest BCUT2D eigenvalue weighted by Gasteiger charge is 2.25. The van der Waals surface area contributed by atoms with Crippen LogP contribution in [0, 0.1) is 0 Å². The van der Waals surface area contributed by atoms with E-state index in [-0.39, 0.29) is 29.9 Å². The molecule has 160 valence electrons. The van der Waals surface area contributed by atoms with E-state index in [0.29, 0.717) is 24.4 Å². The molecule has 0 radical (unpaired) electrons. The zero-order chi connectivity index (χ0) is 19.5. The molecule has 3 N–H and O–H groups in total. The lowest BCUT2D eigenvalue weighted by Crippen LogP contribution is -2.46. The second kappa shape index (κ2) is 14.3. The van der Waals surface area contributed by atoms with E-state index in [4.69, 9.17) is 0 Å².